The molecule has 1 rings (SSSR count). The summed E-state index contributed by atoms with van der Waals surface area (Å²) in [7, 11) is 1.39. The third-order valence-electron chi connectivity index (χ3n) is 1.81. The minimum absolute atomic E-state index is 0.0571. The van der Waals surface area contributed by atoms with Gasteiger partial charge in [0.15, 0.2) is 0 Å². The second kappa shape index (κ2) is 4.06. The minimum Gasteiger partial charge on any atom is -0.497 e. The van der Waals surface area contributed by atoms with Crippen LogP contribution in [0.5, 0.6) is 5.75 Å². The minimum atomic E-state index is -1.35. The normalized spacial score (nSPS) is 12.2. The number of carboxylic acids is 1. The van der Waals surface area contributed by atoms with Crippen LogP contribution in [-0.2, 0) is 4.79 Å². The lowest BCUT2D eigenvalue weighted by Crippen LogP contribution is -2.21. The first-order valence-electron chi connectivity index (χ1n) is 3.88. The highest BCUT2D eigenvalue weighted by Gasteiger charge is 2.18. The van der Waals surface area contributed by atoms with Crippen molar-refractivity contribution in [1.82, 2.24) is 0 Å². The van der Waals surface area contributed by atoms with E-state index in [4.69, 9.17) is 15.6 Å². The van der Waals surface area contributed by atoms with Gasteiger partial charge in [-0.05, 0) is 6.07 Å². The van der Waals surface area contributed by atoms with Gasteiger partial charge in [-0.2, -0.15) is 0 Å². The van der Waals surface area contributed by atoms with Gasteiger partial charge in [-0.1, -0.05) is 6.07 Å². The summed E-state index contributed by atoms with van der Waals surface area (Å²) in [6, 6.07) is 2.51. The summed E-state index contributed by atoms with van der Waals surface area (Å²) in [6.07, 6.45) is 0. The molecule has 0 bridgehead atoms. The van der Waals surface area contributed by atoms with Gasteiger partial charge in [0.2, 0.25) is 0 Å². The van der Waals surface area contributed by atoms with Crippen molar-refractivity contribution < 1.29 is 19.0 Å². The van der Waals surface area contributed by atoms with Gasteiger partial charge in [0.05, 0.1) is 7.11 Å². The fourth-order valence-electron chi connectivity index (χ4n) is 1.02. The maximum absolute atomic E-state index is 13.2. The number of ether oxygens (including phenoxy) is 1. The molecule has 3 N–H and O–H groups in total. The van der Waals surface area contributed by atoms with Crippen molar-refractivity contribution in [2.24, 2.45) is 5.73 Å². The number of aliphatic carboxylic acids is 1. The summed E-state index contributed by atoms with van der Waals surface area (Å²) in [4.78, 5) is 10.5. The van der Waals surface area contributed by atoms with Crippen molar-refractivity contribution >= 4 is 5.97 Å². The standard InChI is InChI=1S/C9H10FNO3/c1-14-5-2-3-6(7(10)4-5)8(11)9(12)13/h2-4,8H,11H2,1H3,(H,12,13)/t8-/m0/s1. The zero-order chi connectivity index (χ0) is 10.7. The number of nitrogens with two attached hydrogens (primary N) is 1. The fraction of sp³-hybridized carbons (Fsp3) is 0.222. The Labute approximate surface area is 80.1 Å². The van der Waals surface area contributed by atoms with Crippen molar-refractivity contribution in [1.29, 1.82) is 0 Å². The molecule has 0 fully saturated rings. The first-order chi connectivity index (χ1) is 6.56. The Hall–Kier alpha value is -1.62. The molecule has 0 amide bonds. The van der Waals surface area contributed by atoms with E-state index in [9.17, 15) is 9.18 Å². The van der Waals surface area contributed by atoms with Crippen LogP contribution in [-0.4, -0.2) is 18.2 Å². The molecule has 0 heterocycles. The molecule has 14 heavy (non-hydrogen) atoms. The van der Waals surface area contributed by atoms with Gasteiger partial charge in [-0.3, -0.25) is 4.79 Å². The first-order valence-corrected chi connectivity index (χ1v) is 3.88. The van der Waals surface area contributed by atoms with Crippen molar-refractivity contribution in [3.63, 3.8) is 0 Å². The predicted octanol–water partition coefficient (Wildman–Crippen LogP) is 0.919. The first kappa shape index (κ1) is 10.5. The van der Waals surface area contributed by atoms with E-state index >= 15 is 0 Å². The van der Waals surface area contributed by atoms with Crippen LogP contribution in [0.15, 0.2) is 18.2 Å². The van der Waals surface area contributed by atoms with Crippen LogP contribution in [0.25, 0.3) is 0 Å². The smallest absolute Gasteiger partial charge is 0.325 e. The lowest BCUT2D eigenvalue weighted by Gasteiger charge is -2.08. The van der Waals surface area contributed by atoms with Crippen LogP contribution in [0.3, 0.4) is 0 Å². The molecule has 0 unspecified atom stereocenters. The zero-order valence-corrected chi connectivity index (χ0v) is 7.53. The average Bonchev–Trinajstić information content (AvgIpc) is 2.16. The monoisotopic (exact) mass is 199 g/mol. The number of hydrogen-bond donors (Lipinski definition) is 2. The molecule has 76 valence electrons. The molecule has 0 saturated heterocycles. The highest BCUT2D eigenvalue weighted by atomic mass is 19.1. The van der Waals surface area contributed by atoms with E-state index in [0.29, 0.717) is 5.75 Å². The van der Waals surface area contributed by atoms with E-state index in [1.54, 1.807) is 0 Å². The third-order valence-corrected chi connectivity index (χ3v) is 1.81. The molecule has 0 aliphatic carbocycles. The Morgan fingerprint density at radius 3 is 2.71 bits per heavy atom. The van der Waals surface area contributed by atoms with Gasteiger partial charge in [0.25, 0.3) is 0 Å². The summed E-state index contributed by atoms with van der Waals surface area (Å²) in [5.41, 5.74) is 5.19. The number of benzene rings is 1. The number of carboxylic acid groups (broad SMARTS) is 1. The predicted molar refractivity (Wildman–Crippen MR) is 47.5 cm³/mol. The molecule has 5 heteroatoms. The summed E-state index contributed by atoms with van der Waals surface area (Å²) < 4.78 is 18.0. The van der Waals surface area contributed by atoms with Crippen LogP contribution >= 0.6 is 0 Å². The Kier molecular flexibility index (Phi) is 3.03. The molecule has 0 aliphatic heterocycles. The largest absolute Gasteiger partial charge is 0.497 e. The maximum Gasteiger partial charge on any atom is 0.325 e. The van der Waals surface area contributed by atoms with Gasteiger partial charge in [0, 0.05) is 11.6 Å². The highest BCUT2D eigenvalue weighted by molar-refractivity contribution is 5.75. The van der Waals surface area contributed by atoms with E-state index in [1.165, 1.54) is 19.2 Å². The Bertz CT molecular complexity index is 354. The SMILES string of the molecule is COc1ccc([C@H](N)C(=O)O)c(F)c1. The highest BCUT2D eigenvalue weighted by Crippen LogP contribution is 2.20. The number of halogens is 1. The summed E-state index contributed by atoms with van der Waals surface area (Å²) in [5.74, 6) is -1.63. The number of carbonyl (C=O) groups is 1. The van der Waals surface area contributed by atoms with E-state index in [-0.39, 0.29) is 5.56 Å². The van der Waals surface area contributed by atoms with Gasteiger partial charge in [-0.15, -0.1) is 0 Å². The molecule has 0 saturated carbocycles. The second-order valence-electron chi connectivity index (χ2n) is 2.70. The van der Waals surface area contributed by atoms with Crippen LogP contribution in [0.2, 0.25) is 0 Å². The number of methoxy groups -OCH3 is 1. The fourth-order valence-corrected chi connectivity index (χ4v) is 1.02. The van der Waals surface area contributed by atoms with Crippen LogP contribution < -0.4 is 10.5 Å². The summed E-state index contributed by atoms with van der Waals surface area (Å²) in [5, 5.41) is 8.56. The van der Waals surface area contributed by atoms with Crippen molar-refractivity contribution in [3.8, 4) is 5.75 Å². The van der Waals surface area contributed by atoms with Crippen LogP contribution in [0.1, 0.15) is 11.6 Å². The molecule has 0 aromatic heterocycles. The Morgan fingerprint density at radius 1 is 1.64 bits per heavy atom. The molecule has 4 nitrogen and oxygen atoms in total. The zero-order valence-electron chi connectivity index (χ0n) is 7.53. The second-order valence-corrected chi connectivity index (χ2v) is 2.70. The molecule has 1 atom stereocenters. The Morgan fingerprint density at radius 2 is 2.29 bits per heavy atom. The topological polar surface area (TPSA) is 72.5 Å². The molecule has 0 spiro atoms. The summed E-state index contributed by atoms with van der Waals surface area (Å²) >= 11 is 0. The van der Waals surface area contributed by atoms with Gasteiger partial charge in [-0.25, -0.2) is 4.39 Å². The molecule has 1 aromatic carbocycles. The van der Waals surface area contributed by atoms with Crippen molar-refractivity contribution in [2.75, 3.05) is 7.11 Å². The van der Waals surface area contributed by atoms with Gasteiger partial charge in [0.1, 0.15) is 17.6 Å². The van der Waals surface area contributed by atoms with Crippen molar-refractivity contribution in [3.05, 3.63) is 29.6 Å². The molecular weight excluding hydrogens is 189 g/mol. The van der Waals surface area contributed by atoms with E-state index in [0.717, 1.165) is 6.07 Å². The molecular formula is C9H10FNO3. The lowest BCUT2D eigenvalue weighted by atomic mass is 10.1. The molecule has 0 radical (unpaired) electrons. The summed E-state index contributed by atoms with van der Waals surface area (Å²) in [6.45, 7) is 0. The molecule has 1 aromatic rings. The average molecular weight is 199 g/mol. The van der Waals surface area contributed by atoms with E-state index < -0.39 is 17.8 Å². The number of rotatable bonds is 3. The molecule has 0 aliphatic rings. The quantitative estimate of drug-likeness (QED) is 0.759. The van der Waals surface area contributed by atoms with Gasteiger partial charge < -0.3 is 15.6 Å². The van der Waals surface area contributed by atoms with E-state index in [1.807, 2.05) is 0 Å². The van der Waals surface area contributed by atoms with Crippen LogP contribution in [0, 0.1) is 5.82 Å². The number of hydrogen-bond acceptors (Lipinski definition) is 3. The third kappa shape index (κ3) is 2.00. The van der Waals surface area contributed by atoms with E-state index in [2.05, 4.69) is 0 Å². The maximum atomic E-state index is 13.2. The lowest BCUT2D eigenvalue weighted by molar-refractivity contribution is -0.138. The van der Waals surface area contributed by atoms with Crippen molar-refractivity contribution in [2.45, 2.75) is 6.04 Å². The Balaban J connectivity index is 3.05. The van der Waals surface area contributed by atoms with Crippen LogP contribution in [0.4, 0.5) is 4.39 Å². The van der Waals surface area contributed by atoms with Gasteiger partial charge >= 0.3 is 5.97 Å².